The second kappa shape index (κ2) is 8.24. The van der Waals surface area contributed by atoms with E-state index < -0.39 is 0 Å². The molecule has 3 heterocycles. The molecule has 3 aromatic rings. The largest absolute Gasteiger partial charge is 0.353 e. The molecule has 0 bridgehead atoms. The van der Waals surface area contributed by atoms with Gasteiger partial charge in [-0.2, -0.15) is 0 Å². The molecule has 0 atom stereocenters. The molecule has 1 saturated heterocycles. The molecule has 1 fully saturated rings. The van der Waals surface area contributed by atoms with Gasteiger partial charge in [0, 0.05) is 44.2 Å². The maximum absolute atomic E-state index is 13.8. The molecule has 1 aliphatic rings. The Hall–Kier alpha value is -2.51. The number of hydrogen-bond donors (Lipinski definition) is 0. The van der Waals surface area contributed by atoms with Crippen LogP contribution in [0.1, 0.15) is 21.1 Å². The van der Waals surface area contributed by atoms with E-state index in [0.717, 1.165) is 10.8 Å². The summed E-state index contributed by atoms with van der Waals surface area (Å²) in [5.41, 5.74) is 1.01. The summed E-state index contributed by atoms with van der Waals surface area (Å²) in [6, 6.07) is 10.3. The predicted octanol–water partition coefficient (Wildman–Crippen LogP) is 3.88. The van der Waals surface area contributed by atoms with Crippen molar-refractivity contribution in [2.75, 3.05) is 31.1 Å². The quantitative estimate of drug-likeness (QED) is 0.647. The van der Waals surface area contributed by atoms with Crippen LogP contribution >= 0.6 is 22.9 Å². The van der Waals surface area contributed by atoms with Gasteiger partial charge in [-0.05, 0) is 23.8 Å². The number of nitrogens with zero attached hydrogens (tertiary/aromatic N) is 4. The van der Waals surface area contributed by atoms with Gasteiger partial charge in [0.15, 0.2) is 0 Å². The van der Waals surface area contributed by atoms with Gasteiger partial charge in [0.05, 0.1) is 10.0 Å². The number of thiazole rings is 1. The average molecular weight is 417 g/mol. The molecule has 0 unspecified atom stereocenters. The summed E-state index contributed by atoms with van der Waals surface area (Å²) in [6.07, 6.45) is 2.02. The molecule has 0 aliphatic carbocycles. The molecule has 0 spiro atoms. The van der Waals surface area contributed by atoms with Crippen LogP contribution in [0.15, 0.2) is 48.0 Å². The molecule has 144 valence electrons. The summed E-state index contributed by atoms with van der Waals surface area (Å²) in [6.45, 7) is 2.60. The first-order valence-electron chi connectivity index (χ1n) is 8.94. The molecule has 1 aliphatic heterocycles. The van der Waals surface area contributed by atoms with Gasteiger partial charge in [0.2, 0.25) is 0 Å². The monoisotopic (exact) mass is 416 g/mol. The SMILES string of the molecule is O=C(c1csc(Cc2ccccc2F)n1)N1CCN(c2ccc(Cl)cn2)CC1. The normalized spacial score (nSPS) is 14.4. The summed E-state index contributed by atoms with van der Waals surface area (Å²) < 4.78 is 13.8. The van der Waals surface area contributed by atoms with E-state index in [4.69, 9.17) is 11.6 Å². The summed E-state index contributed by atoms with van der Waals surface area (Å²) in [7, 11) is 0. The summed E-state index contributed by atoms with van der Waals surface area (Å²) in [5, 5.41) is 3.09. The van der Waals surface area contributed by atoms with E-state index in [-0.39, 0.29) is 11.7 Å². The van der Waals surface area contributed by atoms with Crippen LogP contribution in [-0.2, 0) is 6.42 Å². The van der Waals surface area contributed by atoms with E-state index in [2.05, 4.69) is 14.9 Å². The van der Waals surface area contributed by atoms with Gasteiger partial charge in [-0.3, -0.25) is 4.79 Å². The lowest BCUT2D eigenvalue weighted by Gasteiger charge is -2.35. The lowest BCUT2D eigenvalue weighted by Crippen LogP contribution is -2.49. The highest BCUT2D eigenvalue weighted by Gasteiger charge is 2.24. The minimum Gasteiger partial charge on any atom is -0.353 e. The number of pyridine rings is 1. The standard InChI is InChI=1S/C20H18ClFN4OS/c21-15-5-6-18(23-12-15)25-7-9-26(10-8-25)20(27)17-13-28-19(24-17)11-14-3-1-2-4-16(14)22/h1-6,12-13H,7-11H2. The Balaban J connectivity index is 1.37. The summed E-state index contributed by atoms with van der Waals surface area (Å²) >= 11 is 7.27. The highest BCUT2D eigenvalue weighted by atomic mass is 35.5. The van der Waals surface area contributed by atoms with Crippen LogP contribution in [-0.4, -0.2) is 47.0 Å². The van der Waals surface area contributed by atoms with Crippen molar-refractivity contribution in [2.24, 2.45) is 0 Å². The molecular weight excluding hydrogens is 399 g/mol. The van der Waals surface area contributed by atoms with E-state index in [1.54, 1.807) is 34.7 Å². The van der Waals surface area contributed by atoms with Crippen molar-refractivity contribution in [3.8, 4) is 0 Å². The molecular formula is C20H18ClFN4OS. The molecule has 1 aromatic carbocycles. The van der Waals surface area contributed by atoms with Gasteiger partial charge in [-0.25, -0.2) is 14.4 Å². The first kappa shape index (κ1) is 18.8. The number of rotatable bonds is 4. The Morgan fingerprint density at radius 3 is 2.64 bits per heavy atom. The van der Waals surface area contributed by atoms with Crippen molar-refractivity contribution < 1.29 is 9.18 Å². The number of aromatic nitrogens is 2. The summed E-state index contributed by atoms with van der Waals surface area (Å²) in [5.74, 6) is 0.523. The molecule has 0 N–H and O–H groups in total. The fraction of sp³-hybridized carbons (Fsp3) is 0.250. The lowest BCUT2D eigenvalue weighted by molar-refractivity contribution is 0.0741. The number of hydrogen-bond acceptors (Lipinski definition) is 5. The van der Waals surface area contributed by atoms with E-state index in [1.807, 2.05) is 12.1 Å². The zero-order chi connectivity index (χ0) is 19.5. The maximum atomic E-state index is 13.8. The third-order valence-electron chi connectivity index (χ3n) is 4.67. The van der Waals surface area contributed by atoms with Crippen LogP contribution in [0.4, 0.5) is 10.2 Å². The maximum Gasteiger partial charge on any atom is 0.273 e. The van der Waals surface area contributed by atoms with E-state index in [0.29, 0.717) is 48.9 Å². The first-order chi connectivity index (χ1) is 13.6. The smallest absolute Gasteiger partial charge is 0.273 e. The molecule has 5 nitrogen and oxygen atoms in total. The number of piperazine rings is 1. The number of benzene rings is 1. The minimum absolute atomic E-state index is 0.0836. The van der Waals surface area contributed by atoms with Crippen LogP contribution < -0.4 is 4.90 Å². The highest BCUT2D eigenvalue weighted by Crippen LogP contribution is 2.20. The van der Waals surface area contributed by atoms with Crippen LogP contribution in [0.3, 0.4) is 0 Å². The van der Waals surface area contributed by atoms with E-state index >= 15 is 0 Å². The molecule has 4 rings (SSSR count). The topological polar surface area (TPSA) is 49.3 Å². The van der Waals surface area contributed by atoms with Gasteiger partial charge in [0.1, 0.15) is 17.3 Å². The van der Waals surface area contributed by atoms with Crippen molar-refractivity contribution in [3.63, 3.8) is 0 Å². The molecule has 1 amide bonds. The Labute approximate surface area is 171 Å². The van der Waals surface area contributed by atoms with Crippen molar-refractivity contribution >= 4 is 34.7 Å². The third kappa shape index (κ3) is 4.15. The van der Waals surface area contributed by atoms with Crippen LogP contribution in [0.2, 0.25) is 5.02 Å². The zero-order valence-corrected chi connectivity index (χ0v) is 16.6. The van der Waals surface area contributed by atoms with Crippen molar-refractivity contribution in [2.45, 2.75) is 6.42 Å². The fourth-order valence-corrected chi connectivity index (χ4v) is 4.05. The molecule has 28 heavy (non-hydrogen) atoms. The predicted molar refractivity (Wildman–Crippen MR) is 109 cm³/mol. The zero-order valence-electron chi connectivity index (χ0n) is 15.0. The van der Waals surface area contributed by atoms with E-state index in [1.165, 1.54) is 17.4 Å². The molecule has 2 aromatic heterocycles. The average Bonchev–Trinajstić information content (AvgIpc) is 3.18. The number of amides is 1. The van der Waals surface area contributed by atoms with Gasteiger partial charge in [-0.15, -0.1) is 11.3 Å². The number of carbonyl (C=O) groups is 1. The van der Waals surface area contributed by atoms with Crippen LogP contribution in [0.25, 0.3) is 0 Å². The Morgan fingerprint density at radius 1 is 1.14 bits per heavy atom. The van der Waals surface area contributed by atoms with Crippen LogP contribution in [0, 0.1) is 5.82 Å². The Bertz CT molecular complexity index is 970. The number of anilines is 1. The fourth-order valence-electron chi connectivity index (χ4n) is 3.15. The molecule has 8 heteroatoms. The van der Waals surface area contributed by atoms with Gasteiger partial charge in [-0.1, -0.05) is 29.8 Å². The van der Waals surface area contributed by atoms with Gasteiger partial charge >= 0.3 is 0 Å². The van der Waals surface area contributed by atoms with Crippen LogP contribution in [0.5, 0.6) is 0 Å². The second-order valence-corrected chi connectivity index (χ2v) is 7.89. The molecule has 0 radical (unpaired) electrons. The number of carbonyl (C=O) groups excluding carboxylic acids is 1. The van der Waals surface area contributed by atoms with Crippen molar-refractivity contribution in [1.29, 1.82) is 0 Å². The minimum atomic E-state index is -0.252. The van der Waals surface area contributed by atoms with E-state index in [9.17, 15) is 9.18 Å². The van der Waals surface area contributed by atoms with Gasteiger partial charge in [0.25, 0.3) is 5.91 Å². The lowest BCUT2D eigenvalue weighted by atomic mass is 10.1. The Kier molecular flexibility index (Phi) is 5.54. The first-order valence-corrected chi connectivity index (χ1v) is 10.2. The number of halogens is 2. The van der Waals surface area contributed by atoms with Crippen molar-refractivity contribution in [1.82, 2.24) is 14.9 Å². The van der Waals surface area contributed by atoms with Crippen molar-refractivity contribution in [3.05, 3.63) is 75.1 Å². The summed E-state index contributed by atoms with van der Waals surface area (Å²) in [4.78, 5) is 25.5. The van der Waals surface area contributed by atoms with Gasteiger partial charge < -0.3 is 9.80 Å². The molecule has 0 saturated carbocycles. The third-order valence-corrected chi connectivity index (χ3v) is 5.75. The highest BCUT2D eigenvalue weighted by molar-refractivity contribution is 7.09. The second-order valence-electron chi connectivity index (χ2n) is 6.51. The Morgan fingerprint density at radius 2 is 1.93 bits per heavy atom.